The molecule has 1 heterocycles. The number of ether oxygens (including phenoxy) is 3. The molecule has 22 heavy (non-hydrogen) atoms. The van der Waals surface area contributed by atoms with E-state index in [1.54, 1.807) is 25.2 Å². The molecule has 0 aromatic heterocycles. The lowest BCUT2D eigenvalue weighted by Gasteiger charge is -2.22. The van der Waals surface area contributed by atoms with Crippen molar-refractivity contribution in [2.24, 2.45) is 0 Å². The van der Waals surface area contributed by atoms with Crippen LogP contribution < -0.4 is 19.1 Å². The number of methoxy groups -OCH3 is 2. The monoisotopic (exact) mass is 299 g/mol. The van der Waals surface area contributed by atoms with Crippen LogP contribution in [-0.4, -0.2) is 26.7 Å². The highest BCUT2D eigenvalue weighted by atomic mass is 16.5. The van der Waals surface area contributed by atoms with Crippen molar-refractivity contribution in [3.8, 4) is 17.2 Å². The third-order valence-corrected chi connectivity index (χ3v) is 3.63. The van der Waals surface area contributed by atoms with Gasteiger partial charge >= 0.3 is 0 Å². The Balaban J connectivity index is 2.01. The SMILES string of the molecule is COc1ccc(N2Cc3ccccc3OCC2=O)c(OC)c1. The van der Waals surface area contributed by atoms with Gasteiger partial charge in [0.1, 0.15) is 17.2 Å². The first-order valence-corrected chi connectivity index (χ1v) is 6.96. The highest BCUT2D eigenvalue weighted by molar-refractivity contribution is 5.96. The molecule has 2 aromatic carbocycles. The molecule has 5 heteroatoms. The number of carbonyl (C=O) groups is 1. The molecule has 114 valence electrons. The van der Waals surface area contributed by atoms with Crippen molar-refractivity contribution in [1.29, 1.82) is 0 Å². The van der Waals surface area contributed by atoms with Crippen molar-refractivity contribution in [1.82, 2.24) is 0 Å². The van der Waals surface area contributed by atoms with Crippen LogP contribution in [0.25, 0.3) is 0 Å². The van der Waals surface area contributed by atoms with Gasteiger partial charge in [-0.05, 0) is 18.2 Å². The van der Waals surface area contributed by atoms with Gasteiger partial charge in [-0.25, -0.2) is 0 Å². The molecule has 1 aliphatic heterocycles. The third kappa shape index (κ3) is 2.57. The first-order valence-electron chi connectivity index (χ1n) is 6.96. The van der Waals surface area contributed by atoms with E-state index in [1.165, 1.54) is 0 Å². The van der Waals surface area contributed by atoms with Crippen LogP contribution in [0.2, 0.25) is 0 Å². The van der Waals surface area contributed by atoms with Gasteiger partial charge in [0.2, 0.25) is 0 Å². The Morgan fingerprint density at radius 3 is 2.68 bits per heavy atom. The fraction of sp³-hybridized carbons (Fsp3) is 0.235. The van der Waals surface area contributed by atoms with E-state index in [0.717, 1.165) is 11.3 Å². The number of rotatable bonds is 3. The summed E-state index contributed by atoms with van der Waals surface area (Å²) in [5, 5.41) is 0. The van der Waals surface area contributed by atoms with Crippen molar-refractivity contribution in [3.63, 3.8) is 0 Å². The number of nitrogens with zero attached hydrogens (tertiary/aromatic N) is 1. The molecule has 0 saturated heterocycles. The summed E-state index contributed by atoms with van der Waals surface area (Å²) < 4.78 is 16.2. The van der Waals surface area contributed by atoms with Crippen LogP contribution in [0, 0.1) is 0 Å². The molecule has 3 rings (SSSR count). The Bertz CT molecular complexity index is 699. The predicted octanol–water partition coefficient (Wildman–Crippen LogP) is 2.63. The van der Waals surface area contributed by atoms with Crippen molar-refractivity contribution in [3.05, 3.63) is 48.0 Å². The topological polar surface area (TPSA) is 48.0 Å². The molecule has 0 bridgehead atoms. The van der Waals surface area contributed by atoms with Crippen LogP contribution in [0.1, 0.15) is 5.56 Å². The summed E-state index contributed by atoms with van der Waals surface area (Å²) in [6.07, 6.45) is 0. The summed E-state index contributed by atoms with van der Waals surface area (Å²) in [6, 6.07) is 13.1. The van der Waals surface area contributed by atoms with Crippen molar-refractivity contribution in [2.45, 2.75) is 6.54 Å². The number of fused-ring (bicyclic) bond motifs is 1. The average Bonchev–Trinajstić information content (AvgIpc) is 2.73. The van der Waals surface area contributed by atoms with E-state index < -0.39 is 0 Å². The third-order valence-electron chi connectivity index (χ3n) is 3.63. The van der Waals surface area contributed by atoms with Crippen LogP contribution in [0.5, 0.6) is 17.2 Å². The Labute approximate surface area is 129 Å². The first kappa shape index (κ1) is 14.3. The zero-order valence-electron chi connectivity index (χ0n) is 12.5. The highest BCUT2D eigenvalue weighted by Gasteiger charge is 2.25. The Kier molecular flexibility index (Phi) is 3.87. The maximum atomic E-state index is 12.4. The quantitative estimate of drug-likeness (QED) is 0.874. The lowest BCUT2D eigenvalue weighted by Crippen LogP contribution is -2.32. The molecule has 0 unspecified atom stereocenters. The molecule has 0 saturated carbocycles. The second kappa shape index (κ2) is 5.97. The molecule has 0 N–H and O–H groups in total. The van der Waals surface area contributed by atoms with Crippen LogP contribution in [0.15, 0.2) is 42.5 Å². The Hall–Kier alpha value is -2.69. The lowest BCUT2D eigenvalue weighted by molar-refractivity contribution is -0.120. The molecule has 0 aliphatic carbocycles. The van der Waals surface area contributed by atoms with Crippen LogP contribution in [-0.2, 0) is 11.3 Å². The summed E-state index contributed by atoms with van der Waals surface area (Å²) >= 11 is 0. The summed E-state index contributed by atoms with van der Waals surface area (Å²) in [7, 11) is 3.17. The number of anilines is 1. The van der Waals surface area contributed by atoms with Crippen LogP contribution in [0.3, 0.4) is 0 Å². The standard InChI is InChI=1S/C17H17NO4/c1-20-13-7-8-14(16(9-13)21-2)18-10-12-5-3-4-6-15(12)22-11-17(18)19/h3-9H,10-11H2,1-2H3. The second-order valence-corrected chi connectivity index (χ2v) is 4.91. The minimum absolute atomic E-state index is 0.00615. The number of benzene rings is 2. The number of hydrogen-bond acceptors (Lipinski definition) is 4. The molecule has 0 spiro atoms. The fourth-order valence-electron chi connectivity index (χ4n) is 2.48. The minimum Gasteiger partial charge on any atom is -0.497 e. The van der Waals surface area contributed by atoms with Gasteiger partial charge in [-0.1, -0.05) is 18.2 Å². The summed E-state index contributed by atoms with van der Waals surface area (Å²) in [5.41, 5.74) is 1.67. The van der Waals surface area contributed by atoms with Gasteiger partial charge in [0, 0.05) is 11.6 Å². The molecule has 5 nitrogen and oxygen atoms in total. The smallest absolute Gasteiger partial charge is 0.265 e. The zero-order valence-corrected chi connectivity index (χ0v) is 12.5. The molecule has 0 fully saturated rings. The van der Waals surface area contributed by atoms with Gasteiger partial charge < -0.3 is 19.1 Å². The Morgan fingerprint density at radius 1 is 1.09 bits per heavy atom. The predicted molar refractivity (Wildman–Crippen MR) is 82.7 cm³/mol. The number of hydrogen-bond donors (Lipinski definition) is 0. The van der Waals surface area contributed by atoms with Gasteiger partial charge in [0.15, 0.2) is 6.61 Å². The summed E-state index contributed by atoms with van der Waals surface area (Å²) in [5.74, 6) is 1.90. The highest BCUT2D eigenvalue weighted by Crippen LogP contribution is 2.35. The average molecular weight is 299 g/mol. The van der Waals surface area contributed by atoms with Gasteiger partial charge in [-0.2, -0.15) is 0 Å². The largest absolute Gasteiger partial charge is 0.497 e. The van der Waals surface area contributed by atoms with Crippen molar-refractivity contribution >= 4 is 11.6 Å². The van der Waals surface area contributed by atoms with E-state index in [1.807, 2.05) is 36.4 Å². The van der Waals surface area contributed by atoms with Gasteiger partial charge in [-0.15, -0.1) is 0 Å². The van der Waals surface area contributed by atoms with E-state index in [0.29, 0.717) is 23.7 Å². The molecular formula is C17H17NO4. The molecule has 1 aliphatic rings. The lowest BCUT2D eigenvalue weighted by atomic mass is 10.1. The van der Waals surface area contributed by atoms with Crippen molar-refractivity contribution < 1.29 is 19.0 Å². The van der Waals surface area contributed by atoms with Crippen LogP contribution in [0.4, 0.5) is 5.69 Å². The van der Waals surface area contributed by atoms with Crippen molar-refractivity contribution in [2.75, 3.05) is 25.7 Å². The van der Waals surface area contributed by atoms with E-state index in [2.05, 4.69) is 0 Å². The number of amides is 1. The number of para-hydroxylation sites is 1. The minimum atomic E-state index is -0.111. The first-order chi connectivity index (χ1) is 10.7. The maximum Gasteiger partial charge on any atom is 0.265 e. The molecule has 1 amide bonds. The van der Waals surface area contributed by atoms with E-state index in [-0.39, 0.29) is 12.5 Å². The summed E-state index contributed by atoms with van der Waals surface area (Å²) in [6.45, 7) is 0.448. The van der Waals surface area contributed by atoms with E-state index in [4.69, 9.17) is 14.2 Å². The Morgan fingerprint density at radius 2 is 1.91 bits per heavy atom. The molecule has 2 aromatic rings. The zero-order chi connectivity index (χ0) is 15.5. The second-order valence-electron chi connectivity index (χ2n) is 4.91. The van der Waals surface area contributed by atoms with Gasteiger partial charge in [0.25, 0.3) is 5.91 Å². The van der Waals surface area contributed by atoms with E-state index >= 15 is 0 Å². The fourth-order valence-corrected chi connectivity index (χ4v) is 2.48. The normalized spacial score (nSPS) is 13.9. The van der Waals surface area contributed by atoms with E-state index in [9.17, 15) is 4.79 Å². The maximum absolute atomic E-state index is 12.4. The summed E-state index contributed by atoms with van der Waals surface area (Å²) in [4.78, 5) is 14.1. The van der Waals surface area contributed by atoms with Gasteiger partial charge in [-0.3, -0.25) is 4.79 Å². The number of carbonyl (C=O) groups excluding carboxylic acids is 1. The van der Waals surface area contributed by atoms with Gasteiger partial charge in [0.05, 0.1) is 26.5 Å². The van der Waals surface area contributed by atoms with Crippen LogP contribution >= 0.6 is 0 Å². The molecular weight excluding hydrogens is 282 g/mol. The molecule has 0 atom stereocenters. The molecule has 0 radical (unpaired) electrons.